The number of nitrogens with one attached hydrogen (secondary N) is 1. The smallest absolute Gasteiger partial charge is 0.388 e. The molecular formula is C11H14NO6P. The lowest BCUT2D eigenvalue weighted by atomic mass is 10.0. The Morgan fingerprint density at radius 2 is 1.95 bits per heavy atom. The summed E-state index contributed by atoms with van der Waals surface area (Å²) in [6, 6.07) is 7.18. The topological polar surface area (TPSA) is 123 Å². The number of aliphatic hydroxyl groups is 2. The number of hydrogen-bond acceptors (Lipinski definition) is 4. The zero-order valence-corrected chi connectivity index (χ0v) is 10.7. The summed E-state index contributed by atoms with van der Waals surface area (Å²) in [5.41, 5.74) is 1.23. The van der Waals surface area contributed by atoms with E-state index >= 15 is 0 Å². The van der Waals surface area contributed by atoms with Gasteiger partial charge in [-0.15, -0.1) is 0 Å². The number of aromatic amines is 1. The molecule has 0 spiro atoms. The van der Waals surface area contributed by atoms with Crippen molar-refractivity contribution in [1.82, 2.24) is 4.98 Å². The van der Waals surface area contributed by atoms with E-state index in [1.54, 1.807) is 12.1 Å². The summed E-state index contributed by atoms with van der Waals surface area (Å²) in [6.45, 7) is -0.662. The molecule has 0 fully saturated rings. The van der Waals surface area contributed by atoms with Gasteiger partial charge >= 0.3 is 7.82 Å². The Labute approximate surface area is 108 Å². The Morgan fingerprint density at radius 3 is 2.63 bits per heavy atom. The first-order chi connectivity index (χ1) is 8.88. The second-order valence-electron chi connectivity index (χ2n) is 4.09. The Bertz CT molecular complexity index is 606. The lowest BCUT2D eigenvalue weighted by Crippen LogP contribution is -2.23. The van der Waals surface area contributed by atoms with Crippen molar-refractivity contribution in [3.8, 4) is 0 Å². The number of benzene rings is 1. The molecule has 0 saturated carbocycles. The summed E-state index contributed by atoms with van der Waals surface area (Å²) in [7, 11) is -4.66. The average Bonchev–Trinajstić information content (AvgIpc) is 2.78. The predicted molar refractivity (Wildman–Crippen MR) is 67.3 cm³/mol. The van der Waals surface area contributed by atoms with E-state index in [2.05, 4.69) is 9.51 Å². The molecule has 1 aromatic heterocycles. The molecule has 0 aliphatic heterocycles. The van der Waals surface area contributed by atoms with Crippen molar-refractivity contribution in [3.63, 3.8) is 0 Å². The fourth-order valence-corrected chi connectivity index (χ4v) is 2.16. The van der Waals surface area contributed by atoms with Crippen LogP contribution in [0.4, 0.5) is 0 Å². The van der Waals surface area contributed by atoms with Crippen LogP contribution >= 0.6 is 7.82 Å². The number of aromatic nitrogens is 1. The molecule has 1 aromatic carbocycles. The largest absolute Gasteiger partial charge is 0.469 e. The second kappa shape index (κ2) is 5.42. The zero-order chi connectivity index (χ0) is 14.0. The standard InChI is InChI=1S/C11H14NO6P/c13-10(6-18-19(15,16)17)11(14)8-5-12-9-4-2-1-3-7(8)9/h1-5,10-14H,6H2,(H2,15,16,17). The fourth-order valence-electron chi connectivity index (χ4n) is 1.81. The van der Waals surface area contributed by atoms with Gasteiger partial charge in [-0.1, -0.05) is 18.2 Å². The zero-order valence-electron chi connectivity index (χ0n) is 9.80. The van der Waals surface area contributed by atoms with Crippen molar-refractivity contribution in [1.29, 1.82) is 0 Å². The van der Waals surface area contributed by atoms with Crippen molar-refractivity contribution < 1.29 is 29.1 Å². The van der Waals surface area contributed by atoms with Crippen LogP contribution in [0.2, 0.25) is 0 Å². The molecule has 19 heavy (non-hydrogen) atoms. The van der Waals surface area contributed by atoms with Gasteiger partial charge in [-0.05, 0) is 6.07 Å². The molecule has 2 rings (SSSR count). The monoisotopic (exact) mass is 287 g/mol. The van der Waals surface area contributed by atoms with E-state index in [1.807, 2.05) is 12.1 Å². The molecule has 7 nitrogen and oxygen atoms in total. The van der Waals surface area contributed by atoms with E-state index in [0.717, 1.165) is 10.9 Å². The highest BCUT2D eigenvalue weighted by molar-refractivity contribution is 7.46. The lowest BCUT2D eigenvalue weighted by Gasteiger charge is -2.17. The summed E-state index contributed by atoms with van der Waals surface area (Å²) in [5, 5.41) is 20.4. The third kappa shape index (κ3) is 3.42. The van der Waals surface area contributed by atoms with E-state index in [9.17, 15) is 14.8 Å². The van der Waals surface area contributed by atoms with Crippen molar-refractivity contribution >= 4 is 18.7 Å². The Hall–Kier alpha value is -1.21. The molecule has 0 saturated heterocycles. The Morgan fingerprint density at radius 1 is 1.26 bits per heavy atom. The van der Waals surface area contributed by atoms with Gasteiger partial charge in [0.2, 0.25) is 0 Å². The SMILES string of the molecule is O=P(O)(O)OCC(O)C(O)c1c[nH]c2ccccc12. The predicted octanol–water partition coefficient (Wildman–Crippen LogP) is 0.671. The summed E-state index contributed by atoms with van der Waals surface area (Å²) in [4.78, 5) is 20.0. The summed E-state index contributed by atoms with van der Waals surface area (Å²) >= 11 is 0. The molecule has 2 aromatic rings. The minimum absolute atomic E-state index is 0.442. The molecule has 0 aliphatic rings. The number of fused-ring (bicyclic) bond motifs is 1. The van der Waals surface area contributed by atoms with Gasteiger partial charge in [0.05, 0.1) is 6.61 Å². The molecule has 8 heteroatoms. The van der Waals surface area contributed by atoms with Crippen molar-refractivity contribution in [2.45, 2.75) is 12.2 Å². The van der Waals surface area contributed by atoms with Gasteiger partial charge in [0.15, 0.2) is 0 Å². The average molecular weight is 287 g/mol. The summed E-state index contributed by atoms with van der Waals surface area (Å²) < 4.78 is 14.7. The van der Waals surface area contributed by atoms with E-state index in [-0.39, 0.29) is 0 Å². The maximum atomic E-state index is 10.5. The first-order valence-electron chi connectivity index (χ1n) is 5.51. The van der Waals surface area contributed by atoms with Gasteiger partial charge < -0.3 is 25.0 Å². The van der Waals surface area contributed by atoms with Crippen LogP contribution in [-0.4, -0.2) is 37.7 Å². The minimum atomic E-state index is -4.66. The maximum Gasteiger partial charge on any atom is 0.469 e. The van der Waals surface area contributed by atoms with Crippen LogP contribution in [0.25, 0.3) is 10.9 Å². The van der Waals surface area contributed by atoms with Crippen LogP contribution in [-0.2, 0) is 9.09 Å². The van der Waals surface area contributed by atoms with Gasteiger partial charge in [-0.25, -0.2) is 4.57 Å². The fraction of sp³-hybridized carbons (Fsp3) is 0.273. The van der Waals surface area contributed by atoms with Gasteiger partial charge in [0, 0.05) is 22.7 Å². The lowest BCUT2D eigenvalue weighted by molar-refractivity contribution is -0.0143. The number of aliphatic hydroxyl groups excluding tert-OH is 2. The molecule has 1 heterocycles. The Balaban J connectivity index is 2.15. The van der Waals surface area contributed by atoms with Crippen LogP contribution in [0.5, 0.6) is 0 Å². The van der Waals surface area contributed by atoms with Crippen LogP contribution in [0.1, 0.15) is 11.7 Å². The number of phosphoric ester groups is 1. The van der Waals surface area contributed by atoms with Crippen molar-refractivity contribution in [2.24, 2.45) is 0 Å². The van der Waals surface area contributed by atoms with Crippen LogP contribution in [0, 0.1) is 0 Å². The molecule has 104 valence electrons. The van der Waals surface area contributed by atoms with Gasteiger partial charge in [0.1, 0.15) is 12.2 Å². The molecule has 0 radical (unpaired) electrons. The van der Waals surface area contributed by atoms with E-state index in [1.165, 1.54) is 6.20 Å². The number of H-pyrrole nitrogens is 1. The molecule has 5 N–H and O–H groups in total. The molecule has 0 bridgehead atoms. The first kappa shape index (κ1) is 14.2. The molecule has 0 amide bonds. The van der Waals surface area contributed by atoms with Crippen molar-refractivity contribution in [2.75, 3.05) is 6.61 Å². The first-order valence-corrected chi connectivity index (χ1v) is 7.04. The number of para-hydroxylation sites is 1. The van der Waals surface area contributed by atoms with Gasteiger partial charge in [-0.3, -0.25) is 4.52 Å². The van der Waals surface area contributed by atoms with E-state index in [0.29, 0.717) is 5.56 Å². The Kier molecular flexibility index (Phi) is 4.05. The minimum Gasteiger partial charge on any atom is -0.388 e. The number of hydrogen-bond donors (Lipinski definition) is 5. The second-order valence-corrected chi connectivity index (χ2v) is 5.33. The summed E-state index contributed by atoms with van der Waals surface area (Å²) in [6.07, 6.45) is -1.20. The highest BCUT2D eigenvalue weighted by Crippen LogP contribution is 2.36. The normalized spacial score (nSPS) is 15.6. The summed E-state index contributed by atoms with van der Waals surface area (Å²) in [5.74, 6) is 0. The molecular weight excluding hydrogens is 273 g/mol. The van der Waals surface area contributed by atoms with E-state index in [4.69, 9.17) is 9.79 Å². The van der Waals surface area contributed by atoms with Crippen molar-refractivity contribution in [3.05, 3.63) is 36.0 Å². The van der Waals surface area contributed by atoms with Crippen LogP contribution in [0.15, 0.2) is 30.5 Å². The number of phosphoric acid groups is 1. The third-order valence-electron chi connectivity index (χ3n) is 2.72. The number of rotatable bonds is 5. The molecule has 0 aliphatic carbocycles. The van der Waals surface area contributed by atoms with Crippen LogP contribution in [0.3, 0.4) is 0 Å². The molecule has 2 atom stereocenters. The highest BCUT2D eigenvalue weighted by Gasteiger charge is 2.25. The molecule has 2 unspecified atom stereocenters. The van der Waals surface area contributed by atoms with Crippen LogP contribution < -0.4 is 0 Å². The third-order valence-corrected chi connectivity index (χ3v) is 3.20. The highest BCUT2D eigenvalue weighted by atomic mass is 31.2. The quantitative estimate of drug-likeness (QED) is 0.515. The maximum absolute atomic E-state index is 10.5. The van der Waals surface area contributed by atoms with E-state index < -0.39 is 26.6 Å². The van der Waals surface area contributed by atoms with Gasteiger partial charge in [-0.2, -0.15) is 0 Å². The van der Waals surface area contributed by atoms with Gasteiger partial charge in [0.25, 0.3) is 0 Å².